The molecule has 0 heterocycles. The molecule has 3 aromatic carbocycles. The summed E-state index contributed by atoms with van der Waals surface area (Å²) in [5, 5.41) is 1.41. The molecular weight excluding hydrogens is 410 g/mol. The van der Waals surface area contributed by atoms with Crippen molar-refractivity contribution in [2.24, 2.45) is 0 Å². The Kier molecular flexibility index (Phi) is 5.94. The molecule has 0 aromatic heterocycles. The zero-order valence-corrected chi connectivity index (χ0v) is 16.6. The summed E-state index contributed by atoms with van der Waals surface area (Å²) in [4.78, 5) is 12.1. The molecule has 0 fully saturated rings. The van der Waals surface area contributed by atoms with Crippen LogP contribution in [-0.2, 0) is 10.2 Å². The second kappa shape index (κ2) is 8.02. The molecule has 0 amide bonds. The highest BCUT2D eigenvalue weighted by molar-refractivity contribution is 6.63. The number of hydrogen-bond acceptors (Lipinski definition) is 1. The van der Waals surface area contributed by atoms with Gasteiger partial charge in [0.15, 0.2) is 0 Å². The second-order valence-corrected chi connectivity index (χ2v) is 7.69. The summed E-state index contributed by atoms with van der Waals surface area (Å²) in [7, 11) is 0. The number of carbonyl (C=O) groups excluding carboxylic acids is 1. The van der Waals surface area contributed by atoms with Crippen molar-refractivity contribution in [3.05, 3.63) is 105 Å². The van der Waals surface area contributed by atoms with E-state index in [9.17, 15) is 4.79 Å². The zero-order valence-electron chi connectivity index (χ0n) is 13.6. The Morgan fingerprint density at radius 3 is 1.12 bits per heavy atom. The number of halogens is 4. The maximum absolute atomic E-state index is 12.1. The Morgan fingerprint density at radius 1 is 0.615 bits per heavy atom. The topological polar surface area (TPSA) is 17.1 Å². The van der Waals surface area contributed by atoms with Crippen molar-refractivity contribution in [2.45, 2.75) is 11.8 Å². The minimum atomic E-state index is -0.779. The quantitative estimate of drug-likeness (QED) is 0.315. The van der Waals surface area contributed by atoms with E-state index in [1.807, 2.05) is 36.4 Å². The molecular formula is C21H14Cl4O. The average molecular weight is 424 g/mol. The van der Waals surface area contributed by atoms with Crippen LogP contribution in [0.5, 0.6) is 0 Å². The SMILES string of the molecule is O=C(Cl)CC(c1ccc(Cl)cc1)(c1ccc(Cl)cc1)c1ccc(Cl)cc1. The lowest BCUT2D eigenvalue weighted by Gasteiger charge is -2.35. The third kappa shape index (κ3) is 3.92. The summed E-state index contributed by atoms with van der Waals surface area (Å²) in [6.07, 6.45) is 0.0828. The largest absolute Gasteiger partial charge is 0.281 e. The van der Waals surface area contributed by atoms with Crippen LogP contribution < -0.4 is 0 Å². The van der Waals surface area contributed by atoms with Crippen molar-refractivity contribution in [3.8, 4) is 0 Å². The van der Waals surface area contributed by atoms with Crippen LogP contribution in [0.15, 0.2) is 72.8 Å². The lowest BCUT2D eigenvalue weighted by Crippen LogP contribution is -2.31. The first-order valence-corrected chi connectivity index (χ1v) is 9.39. The van der Waals surface area contributed by atoms with Crippen LogP contribution >= 0.6 is 46.4 Å². The van der Waals surface area contributed by atoms with E-state index < -0.39 is 10.7 Å². The van der Waals surface area contributed by atoms with Crippen LogP contribution in [0.1, 0.15) is 23.1 Å². The van der Waals surface area contributed by atoms with Gasteiger partial charge in [0.25, 0.3) is 0 Å². The van der Waals surface area contributed by atoms with Gasteiger partial charge in [0.1, 0.15) is 0 Å². The molecule has 132 valence electrons. The van der Waals surface area contributed by atoms with Crippen LogP contribution in [0, 0.1) is 0 Å². The first kappa shape index (κ1) is 19.3. The van der Waals surface area contributed by atoms with E-state index in [1.54, 1.807) is 36.4 Å². The first-order valence-electron chi connectivity index (χ1n) is 7.88. The lowest BCUT2D eigenvalue weighted by atomic mass is 9.67. The van der Waals surface area contributed by atoms with E-state index in [1.165, 1.54) is 0 Å². The van der Waals surface area contributed by atoms with Gasteiger partial charge in [-0.25, -0.2) is 0 Å². The predicted octanol–water partition coefficient (Wildman–Crippen LogP) is 7.14. The fraction of sp³-hybridized carbons (Fsp3) is 0.0952. The van der Waals surface area contributed by atoms with Crippen molar-refractivity contribution in [3.63, 3.8) is 0 Å². The van der Waals surface area contributed by atoms with E-state index in [0.717, 1.165) is 16.7 Å². The van der Waals surface area contributed by atoms with Gasteiger partial charge in [-0.3, -0.25) is 4.79 Å². The van der Waals surface area contributed by atoms with Crippen molar-refractivity contribution < 1.29 is 4.79 Å². The van der Waals surface area contributed by atoms with Crippen molar-refractivity contribution >= 4 is 51.6 Å². The molecule has 5 heteroatoms. The van der Waals surface area contributed by atoms with Gasteiger partial charge in [-0.2, -0.15) is 0 Å². The minimum Gasteiger partial charge on any atom is -0.281 e. The molecule has 0 unspecified atom stereocenters. The Hall–Kier alpha value is -1.51. The highest BCUT2D eigenvalue weighted by Crippen LogP contribution is 2.43. The molecule has 0 bridgehead atoms. The molecule has 26 heavy (non-hydrogen) atoms. The number of rotatable bonds is 5. The third-order valence-corrected chi connectivity index (χ3v) is 5.30. The van der Waals surface area contributed by atoms with E-state index >= 15 is 0 Å². The van der Waals surface area contributed by atoms with Gasteiger partial charge < -0.3 is 0 Å². The second-order valence-electron chi connectivity index (χ2n) is 5.96. The van der Waals surface area contributed by atoms with Crippen LogP contribution in [-0.4, -0.2) is 5.24 Å². The molecule has 0 aliphatic carbocycles. The smallest absolute Gasteiger partial charge is 0.223 e. The summed E-state index contributed by atoms with van der Waals surface area (Å²) in [6.45, 7) is 0. The Balaban J connectivity index is 2.33. The van der Waals surface area contributed by atoms with Gasteiger partial charge in [0.05, 0.1) is 5.41 Å². The highest BCUT2D eigenvalue weighted by atomic mass is 35.5. The summed E-state index contributed by atoms with van der Waals surface area (Å²) in [5.41, 5.74) is 1.93. The van der Waals surface area contributed by atoms with Crippen molar-refractivity contribution in [1.82, 2.24) is 0 Å². The third-order valence-electron chi connectivity index (χ3n) is 4.42. The average Bonchev–Trinajstić information content (AvgIpc) is 2.62. The van der Waals surface area contributed by atoms with Gasteiger partial charge in [-0.15, -0.1) is 0 Å². The number of benzene rings is 3. The normalized spacial score (nSPS) is 11.4. The molecule has 3 aromatic rings. The fourth-order valence-electron chi connectivity index (χ4n) is 3.22. The molecule has 3 rings (SSSR count). The zero-order chi connectivity index (χ0) is 18.7. The predicted molar refractivity (Wildman–Crippen MR) is 110 cm³/mol. The molecule has 0 aliphatic rings. The number of hydrogen-bond donors (Lipinski definition) is 0. The van der Waals surface area contributed by atoms with Gasteiger partial charge in [-0.05, 0) is 64.7 Å². The van der Waals surface area contributed by atoms with Crippen LogP contribution in [0.4, 0.5) is 0 Å². The maximum atomic E-state index is 12.1. The van der Waals surface area contributed by atoms with Gasteiger partial charge in [-0.1, -0.05) is 71.2 Å². The number of carbonyl (C=O) groups is 1. The summed E-state index contributed by atoms with van der Waals surface area (Å²) in [6, 6.07) is 22.3. The molecule has 0 aliphatic heterocycles. The van der Waals surface area contributed by atoms with E-state index in [4.69, 9.17) is 46.4 Å². The monoisotopic (exact) mass is 422 g/mol. The summed E-state index contributed by atoms with van der Waals surface area (Å²) < 4.78 is 0. The summed E-state index contributed by atoms with van der Waals surface area (Å²) in [5.74, 6) is 0. The van der Waals surface area contributed by atoms with Gasteiger partial charge >= 0.3 is 0 Å². The highest BCUT2D eigenvalue weighted by Gasteiger charge is 2.38. The molecule has 0 N–H and O–H groups in total. The molecule has 0 spiro atoms. The molecule has 0 atom stereocenters. The van der Waals surface area contributed by atoms with E-state index in [-0.39, 0.29) is 6.42 Å². The minimum absolute atomic E-state index is 0.0828. The van der Waals surface area contributed by atoms with E-state index in [2.05, 4.69) is 0 Å². The molecule has 1 nitrogen and oxygen atoms in total. The van der Waals surface area contributed by atoms with E-state index in [0.29, 0.717) is 15.1 Å². The fourth-order valence-corrected chi connectivity index (χ4v) is 3.80. The van der Waals surface area contributed by atoms with Crippen LogP contribution in [0.2, 0.25) is 15.1 Å². The van der Waals surface area contributed by atoms with Gasteiger partial charge in [0.2, 0.25) is 5.24 Å². The van der Waals surface area contributed by atoms with Crippen molar-refractivity contribution in [1.29, 1.82) is 0 Å². The maximum Gasteiger partial charge on any atom is 0.223 e. The Morgan fingerprint density at radius 2 is 0.885 bits per heavy atom. The molecule has 0 saturated carbocycles. The Bertz CT molecular complexity index is 789. The summed E-state index contributed by atoms with van der Waals surface area (Å²) >= 11 is 24.1. The molecule has 0 saturated heterocycles. The standard InChI is InChI=1S/C21H14Cl4O/c22-17-7-1-14(2-8-17)21(13-20(25)26,15-3-9-18(23)10-4-15)16-5-11-19(24)12-6-16/h1-12H,13H2. The Labute approximate surface area is 172 Å². The lowest BCUT2D eigenvalue weighted by molar-refractivity contribution is -0.112. The first-order chi connectivity index (χ1) is 12.4. The molecule has 0 radical (unpaired) electrons. The van der Waals surface area contributed by atoms with Crippen LogP contribution in [0.3, 0.4) is 0 Å². The van der Waals surface area contributed by atoms with Crippen LogP contribution in [0.25, 0.3) is 0 Å². The van der Waals surface area contributed by atoms with Gasteiger partial charge in [0, 0.05) is 21.5 Å². The van der Waals surface area contributed by atoms with Crippen molar-refractivity contribution in [2.75, 3.05) is 0 Å².